The third-order valence-corrected chi connectivity index (χ3v) is 11.6. The van der Waals surface area contributed by atoms with Crippen LogP contribution in [0.4, 0.5) is 0 Å². The molecule has 0 radical (unpaired) electrons. The predicted octanol–water partition coefficient (Wildman–Crippen LogP) is 17.3. The summed E-state index contributed by atoms with van der Waals surface area (Å²) in [5, 5.41) is 0. The first-order valence-electron chi connectivity index (χ1n) is 26.5. The molecule has 6 heteroatoms. The lowest BCUT2D eigenvalue weighted by atomic mass is 10.0. The molecule has 0 aromatic rings. The van der Waals surface area contributed by atoms with Gasteiger partial charge in [-0.05, 0) is 70.6 Å². The number of unbranched alkanes of at least 4 members (excludes halogenated alkanes) is 31. The van der Waals surface area contributed by atoms with Crippen molar-refractivity contribution in [1.29, 1.82) is 0 Å². The quantitative estimate of drug-likeness (QED) is 0.0262. The van der Waals surface area contributed by atoms with Crippen LogP contribution in [0.3, 0.4) is 0 Å². The maximum absolute atomic E-state index is 12.8. The highest BCUT2D eigenvalue weighted by atomic mass is 16.6. The van der Waals surface area contributed by atoms with Crippen molar-refractivity contribution in [2.45, 2.75) is 284 Å². The summed E-state index contributed by atoms with van der Waals surface area (Å²) in [5.74, 6) is -0.890. The Balaban J connectivity index is 4.35. The Morgan fingerprint density at radius 1 is 0.328 bits per heavy atom. The molecule has 0 heterocycles. The van der Waals surface area contributed by atoms with Crippen LogP contribution in [0.5, 0.6) is 0 Å². The van der Waals surface area contributed by atoms with Crippen LogP contribution in [0.2, 0.25) is 0 Å². The van der Waals surface area contributed by atoms with Crippen molar-refractivity contribution in [3.63, 3.8) is 0 Å². The molecule has 0 rings (SSSR count). The zero-order chi connectivity index (χ0) is 44.4. The number of hydrogen-bond acceptors (Lipinski definition) is 6. The van der Waals surface area contributed by atoms with E-state index in [1.165, 1.54) is 148 Å². The number of carbonyl (C=O) groups is 3. The summed E-state index contributed by atoms with van der Waals surface area (Å²) in [6, 6.07) is 0. The summed E-state index contributed by atoms with van der Waals surface area (Å²) in [5.41, 5.74) is 0. The number of ether oxygens (including phenoxy) is 3. The summed E-state index contributed by atoms with van der Waals surface area (Å²) in [6.45, 7) is 6.58. The van der Waals surface area contributed by atoms with E-state index in [1.54, 1.807) is 0 Å². The molecule has 0 aromatic carbocycles. The summed E-state index contributed by atoms with van der Waals surface area (Å²) in [6.07, 6.45) is 58.4. The summed E-state index contributed by atoms with van der Waals surface area (Å²) in [7, 11) is 0. The van der Waals surface area contributed by atoms with E-state index < -0.39 is 6.10 Å². The number of carbonyl (C=O) groups excluding carboxylic acids is 3. The SMILES string of the molecule is CCCC/C=C\C/C=C\CCCCCCCC(=O)O[C@H](COC(=O)CCCCCCC/C=C\CCCCC)COC(=O)CCCCCCCCCCCCCCCCCCC. The Kier molecular flexibility index (Phi) is 48.3. The normalized spacial score (nSPS) is 12.2. The summed E-state index contributed by atoms with van der Waals surface area (Å²) in [4.78, 5) is 38.0. The van der Waals surface area contributed by atoms with Crippen molar-refractivity contribution in [1.82, 2.24) is 0 Å². The summed E-state index contributed by atoms with van der Waals surface area (Å²) >= 11 is 0. The van der Waals surface area contributed by atoms with Gasteiger partial charge in [-0.15, -0.1) is 0 Å². The topological polar surface area (TPSA) is 78.9 Å². The van der Waals surface area contributed by atoms with Gasteiger partial charge in [0.05, 0.1) is 0 Å². The Bertz CT molecular complexity index is 1030. The van der Waals surface area contributed by atoms with Crippen molar-refractivity contribution in [2.24, 2.45) is 0 Å². The largest absolute Gasteiger partial charge is 0.462 e. The van der Waals surface area contributed by atoms with Gasteiger partial charge in [0.1, 0.15) is 13.2 Å². The molecule has 0 saturated heterocycles. The second-order valence-electron chi connectivity index (χ2n) is 17.8. The van der Waals surface area contributed by atoms with Gasteiger partial charge in [-0.3, -0.25) is 14.4 Å². The van der Waals surface area contributed by atoms with Crippen LogP contribution in [0, 0.1) is 0 Å². The van der Waals surface area contributed by atoms with Crippen LogP contribution in [0.15, 0.2) is 36.5 Å². The molecule has 0 saturated carbocycles. The number of esters is 3. The average Bonchev–Trinajstić information content (AvgIpc) is 3.26. The van der Waals surface area contributed by atoms with Crippen LogP contribution in [-0.2, 0) is 28.6 Å². The second-order valence-corrected chi connectivity index (χ2v) is 17.8. The van der Waals surface area contributed by atoms with Gasteiger partial charge in [0.2, 0.25) is 0 Å². The lowest BCUT2D eigenvalue weighted by molar-refractivity contribution is -0.167. The van der Waals surface area contributed by atoms with E-state index in [0.717, 1.165) is 89.9 Å². The minimum atomic E-state index is -0.778. The molecular formula is C55H100O6. The van der Waals surface area contributed by atoms with Gasteiger partial charge in [-0.25, -0.2) is 0 Å². The Morgan fingerprint density at radius 2 is 0.607 bits per heavy atom. The molecule has 0 aromatic heterocycles. The zero-order valence-electron chi connectivity index (χ0n) is 40.7. The van der Waals surface area contributed by atoms with Crippen molar-refractivity contribution in [3.8, 4) is 0 Å². The fraction of sp³-hybridized carbons (Fsp3) is 0.836. The van der Waals surface area contributed by atoms with E-state index in [9.17, 15) is 14.4 Å². The van der Waals surface area contributed by atoms with Gasteiger partial charge in [0.25, 0.3) is 0 Å². The van der Waals surface area contributed by atoms with Gasteiger partial charge >= 0.3 is 17.9 Å². The van der Waals surface area contributed by atoms with Gasteiger partial charge in [0.15, 0.2) is 6.10 Å². The maximum atomic E-state index is 12.8. The van der Waals surface area contributed by atoms with Crippen LogP contribution >= 0.6 is 0 Å². The minimum Gasteiger partial charge on any atom is -0.462 e. The molecular weight excluding hydrogens is 757 g/mol. The van der Waals surface area contributed by atoms with E-state index in [1.807, 2.05) is 0 Å². The molecule has 0 unspecified atom stereocenters. The van der Waals surface area contributed by atoms with Crippen LogP contribution in [-0.4, -0.2) is 37.2 Å². The smallest absolute Gasteiger partial charge is 0.306 e. The number of allylic oxidation sites excluding steroid dienone is 6. The average molecular weight is 857 g/mol. The molecule has 0 amide bonds. The fourth-order valence-electron chi connectivity index (χ4n) is 7.57. The van der Waals surface area contributed by atoms with Gasteiger partial charge < -0.3 is 14.2 Å². The van der Waals surface area contributed by atoms with Gasteiger partial charge in [0, 0.05) is 19.3 Å². The molecule has 0 aliphatic heterocycles. The van der Waals surface area contributed by atoms with Crippen molar-refractivity contribution in [2.75, 3.05) is 13.2 Å². The lowest BCUT2D eigenvalue weighted by Crippen LogP contribution is -2.30. The molecule has 0 aliphatic carbocycles. The lowest BCUT2D eigenvalue weighted by Gasteiger charge is -2.18. The Labute approximate surface area is 378 Å². The maximum Gasteiger partial charge on any atom is 0.306 e. The summed E-state index contributed by atoms with van der Waals surface area (Å²) < 4.78 is 16.8. The first-order chi connectivity index (χ1) is 30.0. The molecule has 1 atom stereocenters. The fourth-order valence-corrected chi connectivity index (χ4v) is 7.57. The highest BCUT2D eigenvalue weighted by Crippen LogP contribution is 2.16. The second kappa shape index (κ2) is 50.3. The number of rotatable bonds is 48. The van der Waals surface area contributed by atoms with Crippen molar-refractivity contribution in [3.05, 3.63) is 36.5 Å². The number of hydrogen-bond donors (Lipinski definition) is 0. The van der Waals surface area contributed by atoms with Gasteiger partial charge in [-0.2, -0.15) is 0 Å². The van der Waals surface area contributed by atoms with Crippen LogP contribution < -0.4 is 0 Å². The van der Waals surface area contributed by atoms with E-state index in [2.05, 4.69) is 57.2 Å². The Hall–Kier alpha value is -2.37. The molecule has 0 fully saturated rings. The van der Waals surface area contributed by atoms with Crippen LogP contribution in [0.25, 0.3) is 0 Å². The molecule has 0 bridgehead atoms. The Morgan fingerprint density at radius 3 is 1.00 bits per heavy atom. The highest BCUT2D eigenvalue weighted by Gasteiger charge is 2.19. The molecule has 0 aliphatic rings. The molecule has 6 nitrogen and oxygen atoms in total. The van der Waals surface area contributed by atoms with E-state index >= 15 is 0 Å². The molecule has 0 spiro atoms. The van der Waals surface area contributed by atoms with E-state index in [0.29, 0.717) is 19.3 Å². The van der Waals surface area contributed by atoms with Gasteiger partial charge in [-0.1, -0.05) is 224 Å². The van der Waals surface area contributed by atoms with Crippen LogP contribution in [0.1, 0.15) is 278 Å². The first-order valence-corrected chi connectivity index (χ1v) is 26.5. The van der Waals surface area contributed by atoms with Crippen molar-refractivity contribution < 1.29 is 28.6 Å². The van der Waals surface area contributed by atoms with Crippen molar-refractivity contribution >= 4 is 17.9 Å². The third-order valence-electron chi connectivity index (χ3n) is 11.6. The molecule has 61 heavy (non-hydrogen) atoms. The molecule has 0 N–H and O–H groups in total. The zero-order valence-corrected chi connectivity index (χ0v) is 40.7. The highest BCUT2D eigenvalue weighted by molar-refractivity contribution is 5.71. The predicted molar refractivity (Wildman–Crippen MR) is 261 cm³/mol. The van der Waals surface area contributed by atoms with E-state index in [-0.39, 0.29) is 31.1 Å². The minimum absolute atomic E-state index is 0.0775. The standard InChI is InChI=1S/C55H100O6/c1-4-7-10-13-16-19-22-25-27-28-29-31-33-36-39-42-45-48-54(57)60-51-52(50-59-53(56)47-44-41-38-35-32-24-21-18-15-12-9-6-3)61-55(58)49-46-43-40-37-34-30-26-23-20-17-14-11-8-5-2/h14,17-18,21,23,26,52H,4-13,15-16,19-20,22,24-25,27-51H2,1-3H3/b17-14-,21-18-,26-23-/t52-/m1/s1. The molecule has 356 valence electrons. The first kappa shape index (κ1) is 58.6. The third kappa shape index (κ3) is 48.5. The monoisotopic (exact) mass is 857 g/mol. The van der Waals surface area contributed by atoms with E-state index in [4.69, 9.17) is 14.2 Å².